The van der Waals surface area contributed by atoms with Gasteiger partial charge in [-0.2, -0.15) is 0 Å². The number of cyclic esters (lactones) is 1. The highest BCUT2D eigenvalue weighted by Gasteiger charge is 2.45. The molecule has 158 valence electrons. The van der Waals surface area contributed by atoms with Crippen LogP contribution in [0.5, 0.6) is 5.75 Å². The van der Waals surface area contributed by atoms with Crippen LogP contribution in [0.1, 0.15) is 41.2 Å². The van der Waals surface area contributed by atoms with Crippen LogP contribution in [0, 0.1) is 5.82 Å². The molecule has 0 saturated heterocycles. The van der Waals surface area contributed by atoms with Crippen molar-refractivity contribution in [3.8, 4) is 17.1 Å². The molecule has 8 nitrogen and oxygen atoms in total. The number of benzene rings is 1. The van der Waals surface area contributed by atoms with Crippen molar-refractivity contribution in [2.75, 3.05) is 0 Å². The van der Waals surface area contributed by atoms with Gasteiger partial charge in [-0.1, -0.05) is 6.92 Å². The normalized spacial score (nSPS) is 20.9. The van der Waals surface area contributed by atoms with Crippen LogP contribution >= 0.6 is 0 Å². The summed E-state index contributed by atoms with van der Waals surface area (Å²) in [5.74, 6) is -1.93. The molecule has 31 heavy (non-hydrogen) atoms. The molecule has 2 aromatic heterocycles. The summed E-state index contributed by atoms with van der Waals surface area (Å²) in [4.78, 5) is 30.2. The number of aromatic hydroxyl groups is 1. The molecule has 5 heterocycles. The molecular formula is C22H18FN3O5. The van der Waals surface area contributed by atoms with Gasteiger partial charge in [-0.25, -0.2) is 14.2 Å². The lowest BCUT2D eigenvalue weighted by Gasteiger charge is -2.31. The first-order chi connectivity index (χ1) is 14.8. The van der Waals surface area contributed by atoms with Crippen LogP contribution < -0.4 is 10.9 Å². The Balaban J connectivity index is 1.68. The fraction of sp³-hybridized carbons (Fsp3) is 0.318. The number of halogens is 1. The van der Waals surface area contributed by atoms with Gasteiger partial charge < -0.3 is 24.8 Å². The Bertz CT molecular complexity index is 1410. The van der Waals surface area contributed by atoms with E-state index in [4.69, 9.17) is 4.74 Å². The molecule has 9 heteroatoms. The van der Waals surface area contributed by atoms with Crippen molar-refractivity contribution < 1.29 is 24.1 Å². The fourth-order valence-corrected chi connectivity index (χ4v) is 5.06. The number of ether oxygens (including phenoxy) is 1. The summed E-state index contributed by atoms with van der Waals surface area (Å²) in [5.41, 5.74) is 1.73. The highest BCUT2D eigenvalue weighted by atomic mass is 19.1. The van der Waals surface area contributed by atoms with Crippen molar-refractivity contribution in [2.24, 2.45) is 0 Å². The van der Waals surface area contributed by atoms with Crippen molar-refractivity contribution in [3.63, 3.8) is 0 Å². The van der Waals surface area contributed by atoms with Gasteiger partial charge in [-0.3, -0.25) is 4.79 Å². The van der Waals surface area contributed by atoms with Crippen LogP contribution in [0.4, 0.5) is 4.39 Å². The van der Waals surface area contributed by atoms with Gasteiger partial charge in [0.25, 0.3) is 5.56 Å². The van der Waals surface area contributed by atoms with E-state index in [9.17, 15) is 24.2 Å². The smallest absolute Gasteiger partial charge is 0.343 e. The number of carbonyl (C=O) groups excluding carboxylic acids is 1. The van der Waals surface area contributed by atoms with E-state index in [1.54, 1.807) is 17.6 Å². The van der Waals surface area contributed by atoms with Gasteiger partial charge in [0, 0.05) is 41.2 Å². The number of pyridine rings is 2. The maximum atomic E-state index is 14.3. The van der Waals surface area contributed by atoms with E-state index in [0.29, 0.717) is 40.9 Å². The number of fused-ring (bicyclic) bond motifs is 5. The number of aliphatic hydroxyl groups is 1. The highest BCUT2D eigenvalue weighted by Crippen LogP contribution is 2.43. The summed E-state index contributed by atoms with van der Waals surface area (Å²) in [6.07, 6.45) is 0.0583. The first-order valence-electron chi connectivity index (χ1n) is 10.1. The van der Waals surface area contributed by atoms with Gasteiger partial charge in [-0.15, -0.1) is 0 Å². The molecule has 6 rings (SSSR count). The average molecular weight is 423 g/mol. The van der Waals surface area contributed by atoms with Crippen LogP contribution in [0.25, 0.3) is 22.3 Å². The minimum atomic E-state index is -1.90. The van der Waals surface area contributed by atoms with Crippen LogP contribution in [-0.4, -0.2) is 25.7 Å². The molecule has 3 aliphatic heterocycles. The molecule has 3 aromatic rings. The Labute approximate surface area is 174 Å². The van der Waals surface area contributed by atoms with Crippen LogP contribution in [0.3, 0.4) is 0 Å². The molecule has 1 atom stereocenters. The number of aromatic nitrogens is 2. The third kappa shape index (κ3) is 2.17. The van der Waals surface area contributed by atoms with E-state index in [1.165, 1.54) is 6.07 Å². The van der Waals surface area contributed by atoms with Crippen LogP contribution in [0.15, 0.2) is 16.9 Å². The zero-order valence-electron chi connectivity index (χ0n) is 16.6. The monoisotopic (exact) mass is 423 g/mol. The van der Waals surface area contributed by atoms with E-state index in [1.807, 2.05) is 0 Å². The highest BCUT2D eigenvalue weighted by molar-refractivity contribution is 5.93. The molecule has 0 unspecified atom stereocenters. The lowest BCUT2D eigenvalue weighted by molar-refractivity contribution is -0.172. The van der Waals surface area contributed by atoms with E-state index in [0.717, 1.165) is 11.1 Å². The molecule has 1 aromatic carbocycles. The first kappa shape index (κ1) is 18.5. The molecule has 0 aliphatic carbocycles. The molecule has 0 bridgehead atoms. The van der Waals surface area contributed by atoms with Crippen molar-refractivity contribution in [1.29, 1.82) is 0 Å². The summed E-state index contributed by atoms with van der Waals surface area (Å²) in [6, 6.07) is 2.83. The first-order valence-corrected chi connectivity index (χ1v) is 10.1. The van der Waals surface area contributed by atoms with Gasteiger partial charge in [-0.05, 0) is 18.1 Å². The van der Waals surface area contributed by atoms with E-state index in [2.05, 4.69) is 10.3 Å². The standard InChI is InChI=1S/C22H18FN3O5/c1-2-22(30)13-3-16-18-11(7-26(16)20(28)12(13)8-31-21(22)29)9-5-24-6-10-17(9)15(25-18)4-14(23)19(10)27/h3-4,24,27,30H,2,5-8H2,1H3/t22-/m0/s1. The van der Waals surface area contributed by atoms with Gasteiger partial charge in [0.2, 0.25) is 0 Å². The maximum Gasteiger partial charge on any atom is 0.343 e. The topological polar surface area (TPSA) is 114 Å². The van der Waals surface area contributed by atoms with Gasteiger partial charge >= 0.3 is 5.97 Å². The molecule has 0 radical (unpaired) electrons. The van der Waals surface area contributed by atoms with Crippen LogP contribution in [-0.2, 0) is 41.4 Å². The largest absolute Gasteiger partial charge is 0.505 e. The summed E-state index contributed by atoms with van der Waals surface area (Å²) < 4.78 is 21.0. The second-order valence-corrected chi connectivity index (χ2v) is 8.20. The van der Waals surface area contributed by atoms with Crippen LogP contribution in [0.2, 0.25) is 0 Å². The van der Waals surface area contributed by atoms with Gasteiger partial charge in [0.15, 0.2) is 17.2 Å². The summed E-state index contributed by atoms with van der Waals surface area (Å²) >= 11 is 0. The number of rotatable bonds is 1. The Morgan fingerprint density at radius 1 is 1.23 bits per heavy atom. The van der Waals surface area contributed by atoms with Gasteiger partial charge in [0.1, 0.15) is 6.61 Å². The van der Waals surface area contributed by atoms with Crippen molar-refractivity contribution in [2.45, 2.75) is 45.2 Å². The summed E-state index contributed by atoms with van der Waals surface area (Å²) in [7, 11) is 0. The zero-order valence-corrected chi connectivity index (χ0v) is 16.6. The Morgan fingerprint density at radius 3 is 2.77 bits per heavy atom. The van der Waals surface area contributed by atoms with Crippen molar-refractivity contribution in [1.82, 2.24) is 14.9 Å². The third-order valence-corrected chi connectivity index (χ3v) is 6.72. The average Bonchev–Trinajstić information content (AvgIpc) is 3.14. The zero-order chi connectivity index (χ0) is 21.7. The lowest BCUT2D eigenvalue weighted by atomic mass is 9.86. The molecular weight excluding hydrogens is 405 g/mol. The molecule has 3 N–H and O–H groups in total. The summed E-state index contributed by atoms with van der Waals surface area (Å²) in [5, 5.41) is 25.0. The SMILES string of the molecule is CC[C@@]1(O)C(=O)OCc2c1cc1n(c2=O)Cc2c-1nc1cc(F)c(O)c3c1c2CNC3. The number of nitrogens with zero attached hydrogens (tertiary/aromatic N) is 2. The Hall–Kier alpha value is -3.30. The number of nitrogens with one attached hydrogen (secondary N) is 1. The van der Waals surface area contributed by atoms with E-state index >= 15 is 0 Å². The predicted molar refractivity (Wildman–Crippen MR) is 107 cm³/mol. The number of carbonyl (C=O) groups is 1. The third-order valence-electron chi connectivity index (χ3n) is 6.72. The quantitative estimate of drug-likeness (QED) is 0.398. The fourth-order valence-electron chi connectivity index (χ4n) is 5.06. The number of hydrogen-bond donors (Lipinski definition) is 3. The molecule has 0 fully saturated rings. The Morgan fingerprint density at radius 2 is 2.00 bits per heavy atom. The maximum absolute atomic E-state index is 14.3. The summed E-state index contributed by atoms with van der Waals surface area (Å²) in [6.45, 7) is 2.51. The number of phenolic OH excluding ortho intramolecular Hbond substituents is 1. The minimum absolute atomic E-state index is 0.0583. The number of hydrogen-bond acceptors (Lipinski definition) is 7. The molecule has 0 saturated carbocycles. The number of phenols is 1. The molecule has 0 amide bonds. The van der Waals surface area contributed by atoms with Gasteiger partial charge in [0.05, 0.1) is 29.0 Å². The van der Waals surface area contributed by atoms with Crippen molar-refractivity contribution in [3.05, 3.63) is 56.1 Å². The predicted octanol–water partition coefficient (Wildman–Crippen LogP) is 1.53. The Kier molecular flexibility index (Phi) is 3.51. The lowest BCUT2D eigenvalue weighted by Crippen LogP contribution is -2.44. The second-order valence-electron chi connectivity index (χ2n) is 8.20. The van der Waals surface area contributed by atoms with Crippen molar-refractivity contribution >= 4 is 16.9 Å². The van der Waals surface area contributed by atoms with E-state index in [-0.39, 0.29) is 36.3 Å². The molecule has 3 aliphatic rings. The second kappa shape index (κ2) is 5.89. The number of esters is 1. The van der Waals surface area contributed by atoms with E-state index < -0.39 is 23.1 Å². The molecule has 0 spiro atoms. The minimum Gasteiger partial charge on any atom is -0.505 e.